The first-order valence-corrected chi connectivity index (χ1v) is 9.23. The molecule has 1 saturated heterocycles. The minimum Gasteiger partial charge on any atom is -0.359 e. The van der Waals surface area contributed by atoms with Crippen molar-refractivity contribution in [2.75, 3.05) is 18.4 Å². The number of piperidine rings is 1. The largest absolute Gasteiger partial charge is 0.359 e. The molecule has 4 rings (SSSR count). The molecular formula is C18H25Cl2N3S. The molecule has 0 saturated carbocycles. The van der Waals surface area contributed by atoms with Crippen LogP contribution in [0, 0.1) is 0 Å². The molecule has 0 radical (unpaired) electrons. The van der Waals surface area contributed by atoms with Crippen molar-refractivity contribution in [3.05, 3.63) is 46.5 Å². The topological polar surface area (TPSA) is 37.0 Å². The standard InChI is InChI=1S/C18H23N3S.2ClH/c1-2-5-13(6-3-1)15-7-4-8-16-17(15)21-18(22-16)20-14-9-11-19-12-10-14;;/h1-3,5-6,14-15,19H,4,7-12H2,(H,20,21);2*1H. The molecule has 2 aliphatic rings. The second kappa shape index (κ2) is 9.04. The molecule has 132 valence electrons. The van der Waals surface area contributed by atoms with E-state index in [2.05, 4.69) is 41.0 Å². The number of aromatic nitrogens is 1. The lowest BCUT2D eigenvalue weighted by molar-refractivity contribution is 0.479. The van der Waals surface area contributed by atoms with Gasteiger partial charge in [-0.1, -0.05) is 30.3 Å². The fraction of sp³-hybridized carbons (Fsp3) is 0.500. The fourth-order valence-corrected chi connectivity index (χ4v) is 4.77. The van der Waals surface area contributed by atoms with Crippen LogP contribution in [0.4, 0.5) is 5.13 Å². The zero-order chi connectivity index (χ0) is 14.8. The molecular weight excluding hydrogens is 361 g/mol. The van der Waals surface area contributed by atoms with Crippen molar-refractivity contribution in [3.8, 4) is 0 Å². The van der Waals surface area contributed by atoms with Crippen molar-refractivity contribution < 1.29 is 0 Å². The van der Waals surface area contributed by atoms with Crippen LogP contribution in [0.1, 0.15) is 47.7 Å². The Morgan fingerprint density at radius 3 is 2.54 bits per heavy atom. The number of rotatable bonds is 3. The van der Waals surface area contributed by atoms with Gasteiger partial charge in [-0.3, -0.25) is 0 Å². The van der Waals surface area contributed by atoms with Crippen LogP contribution in [-0.4, -0.2) is 24.1 Å². The highest BCUT2D eigenvalue weighted by Crippen LogP contribution is 2.40. The number of halogens is 2. The molecule has 2 N–H and O–H groups in total. The molecule has 1 unspecified atom stereocenters. The van der Waals surface area contributed by atoms with Crippen molar-refractivity contribution in [2.45, 2.75) is 44.1 Å². The van der Waals surface area contributed by atoms with Crippen LogP contribution in [0.3, 0.4) is 0 Å². The lowest BCUT2D eigenvalue weighted by Gasteiger charge is -2.23. The van der Waals surface area contributed by atoms with E-state index in [0.29, 0.717) is 12.0 Å². The van der Waals surface area contributed by atoms with Gasteiger partial charge in [-0.25, -0.2) is 4.98 Å². The number of nitrogens with one attached hydrogen (secondary N) is 2. The van der Waals surface area contributed by atoms with E-state index in [1.807, 2.05) is 11.3 Å². The van der Waals surface area contributed by atoms with Gasteiger partial charge in [0.15, 0.2) is 5.13 Å². The van der Waals surface area contributed by atoms with Crippen LogP contribution in [0.2, 0.25) is 0 Å². The first-order chi connectivity index (χ1) is 10.9. The highest BCUT2D eigenvalue weighted by molar-refractivity contribution is 7.15. The van der Waals surface area contributed by atoms with Crippen LogP contribution in [0.5, 0.6) is 0 Å². The van der Waals surface area contributed by atoms with Crippen molar-refractivity contribution >= 4 is 41.3 Å². The summed E-state index contributed by atoms with van der Waals surface area (Å²) < 4.78 is 0. The van der Waals surface area contributed by atoms with E-state index in [1.54, 1.807) is 0 Å². The van der Waals surface area contributed by atoms with Gasteiger partial charge < -0.3 is 10.6 Å². The van der Waals surface area contributed by atoms with E-state index >= 15 is 0 Å². The van der Waals surface area contributed by atoms with Crippen molar-refractivity contribution in [1.29, 1.82) is 0 Å². The number of fused-ring (bicyclic) bond motifs is 1. The van der Waals surface area contributed by atoms with Gasteiger partial charge >= 0.3 is 0 Å². The summed E-state index contributed by atoms with van der Waals surface area (Å²) >= 11 is 1.88. The summed E-state index contributed by atoms with van der Waals surface area (Å²) in [5, 5.41) is 8.24. The fourth-order valence-electron chi connectivity index (χ4n) is 3.63. The van der Waals surface area contributed by atoms with Gasteiger partial charge in [0.25, 0.3) is 0 Å². The number of hydrogen-bond donors (Lipinski definition) is 2. The molecule has 0 bridgehead atoms. The first-order valence-electron chi connectivity index (χ1n) is 8.42. The van der Waals surface area contributed by atoms with Gasteiger partial charge in [0.2, 0.25) is 0 Å². The van der Waals surface area contributed by atoms with Crippen molar-refractivity contribution in [2.24, 2.45) is 0 Å². The lowest BCUT2D eigenvalue weighted by Crippen LogP contribution is -2.35. The van der Waals surface area contributed by atoms with Crippen LogP contribution < -0.4 is 10.6 Å². The Morgan fingerprint density at radius 1 is 1.04 bits per heavy atom. The Morgan fingerprint density at radius 2 is 1.79 bits per heavy atom. The van der Waals surface area contributed by atoms with E-state index in [4.69, 9.17) is 4.98 Å². The zero-order valence-corrected chi connectivity index (χ0v) is 16.1. The van der Waals surface area contributed by atoms with Gasteiger partial charge in [0, 0.05) is 16.8 Å². The van der Waals surface area contributed by atoms with Crippen LogP contribution >= 0.6 is 36.2 Å². The van der Waals surface area contributed by atoms with Crippen LogP contribution in [-0.2, 0) is 6.42 Å². The molecule has 0 spiro atoms. The maximum atomic E-state index is 4.99. The van der Waals surface area contributed by atoms with Gasteiger partial charge in [-0.2, -0.15) is 0 Å². The number of hydrogen-bond acceptors (Lipinski definition) is 4. The Balaban J connectivity index is 0.00000104. The third-order valence-corrected chi connectivity index (χ3v) is 5.89. The van der Waals surface area contributed by atoms with Gasteiger partial charge in [0.05, 0.1) is 5.69 Å². The summed E-state index contributed by atoms with van der Waals surface area (Å²) in [6, 6.07) is 11.5. The zero-order valence-electron chi connectivity index (χ0n) is 13.7. The minimum absolute atomic E-state index is 0. The highest BCUT2D eigenvalue weighted by atomic mass is 35.5. The predicted molar refractivity (Wildman–Crippen MR) is 107 cm³/mol. The summed E-state index contributed by atoms with van der Waals surface area (Å²) in [7, 11) is 0. The van der Waals surface area contributed by atoms with Crippen molar-refractivity contribution in [3.63, 3.8) is 0 Å². The Labute approximate surface area is 160 Å². The molecule has 3 nitrogen and oxygen atoms in total. The molecule has 1 aliphatic heterocycles. The molecule has 2 aromatic rings. The summed E-state index contributed by atoms with van der Waals surface area (Å²) in [5.74, 6) is 0.491. The molecule has 1 aliphatic carbocycles. The van der Waals surface area contributed by atoms with E-state index < -0.39 is 0 Å². The Hall–Kier alpha value is -0.810. The summed E-state index contributed by atoms with van der Waals surface area (Å²) in [6.07, 6.45) is 6.11. The summed E-state index contributed by atoms with van der Waals surface area (Å²) in [6.45, 7) is 2.24. The van der Waals surface area contributed by atoms with Gasteiger partial charge in [0.1, 0.15) is 0 Å². The third kappa shape index (κ3) is 4.23. The highest BCUT2D eigenvalue weighted by Gasteiger charge is 2.26. The number of thiazole rings is 1. The van der Waals surface area contributed by atoms with Gasteiger partial charge in [-0.15, -0.1) is 36.2 Å². The molecule has 24 heavy (non-hydrogen) atoms. The van der Waals surface area contributed by atoms with Crippen LogP contribution in [0.15, 0.2) is 30.3 Å². The second-order valence-corrected chi connectivity index (χ2v) is 7.44. The Kier molecular flexibility index (Phi) is 7.35. The Bertz CT molecular complexity index is 626. The minimum atomic E-state index is 0. The number of aryl methyl sites for hydroxylation is 1. The lowest BCUT2D eigenvalue weighted by atomic mass is 9.85. The van der Waals surface area contributed by atoms with Crippen LogP contribution in [0.25, 0.3) is 0 Å². The smallest absolute Gasteiger partial charge is 0.183 e. The number of benzene rings is 1. The normalized spacial score (nSPS) is 20.4. The maximum absolute atomic E-state index is 4.99. The molecule has 0 amide bonds. The average Bonchev–Trinajstić information content (AvgIpc) is 2.99. The molecule has 1 fully saturated rings. The van der Waals surface area contributed by atoms with E-state index in [9.17, 15) is 0 Å². The third-order valence-electron chi connectivity index (χ3n) is 4.82. The average molecular weight is 386 g/mol. The second-order valence-electron chi connectivity index (χ2n) is 6.35. The SMILES string of the molecule is Cl.Cl.c1ccc(C2CCCc3sc(NC4CCNCC4)nc32)cc1. The van der Waals surface area contributed by atoms with Crippen molar-refractivity contribution in [1.82, 2.24) is 10.3 Å². The number of anilines is 1. The van der Waals surface area contributed by atoms with E-state index in [0.717, 1.165) is 18.2 Å². The summed E-state index contributed by atoms with van der Waals surface area (Å²) in [4.78, 5) is 6.49. The summed E-state index contributed by atoms with van der Waals surface area (Å²) in [5.41, 5.74) is 2.75. The molecule has 2 heterocycles. The maximum Gasteiger partial charge on any atom is 0.183 e. The molecule has 1 aromatic carbocycles. The predicted octanol–water partition coefficient (Wildman–Crippen LogP) is 4.62. The molecule has 6 heteroatoms. The monoisotopic (exact) mass is 385 g/mol. The van der Waals surface area contributed by atoms with E-state index in [1.165, 1.54) is 48.2 Å². The molecule has 1 aromatic heterocycles. The quantitative estimate of drug-likeness (QED) is 0.808. The van der Waals surface area contributed by atoms with Gasteiger partial charge in [-0.05, 0) is 50.8 Å². The first kappa shape index (κ1) is 19.5. The van der Waals surface area contributed by atoms with E-state index in [-0.39, 0.29) is 24.8 Å². The molecule has 1 atom stereocenters. The number of nitrogens with zero attached hydrogens (tertiary/aromatic N) is 1.